The Kier molecular flexibility index (Phi) is 12.8. The fourth-order valence-electron chi connectivity index (χ4n) is 3.19. The predicted octanol–water partition coefficient (Wildman–Crippen LogP) is 9.68. The molecule has 0 heterocycles. The Bertz CT molecular complexity index is 893. The van der Waals surface area contributed by atoms with Crippen LogP contribution in [0.3, 0.4) is 0 Å². The molecule has 0 unspecified atom stereocenters. The summed E-state index contributed by atoms with van der Waals surface area (Å²) in [6, 6.07) is 12.6. The number of phenolic OH excluding ortho intramolecular Hbond substituents is 1. The summed E-state index contributed by atoms with van der Waals surface area (Å²) < 4.78 is 0. The molecule has 0 atom stereocenters. The molecule has 3 rings (SSSR count). The minimum Gasteiger partial charge on any atom is -0.507 e. The predicted molar refractivity (Wildman–Crippen MR) is 150 cm³/mol. The average Bonchev–Trinajstić information content (AvgIpc) is 2.73. The minimum atomic E-state index is -0.0178. The second kappa shape index (κ2) is 13.9. The molecule has 182 valence electrons. The molecule has 1 heteroatoms. The molecule has 2 aromatic carbocycles. The second-order valence-corrected chi connectivity index (χ2v) is 10.7. The molecular weight excluding hydrogens is 400 g/mol. The van der Waals surface area contributed by atoms with Crippen LogP contribution in [0.2, 0.25) is 0 Å². The maximum absolute atomic E-state index is 10.1. The molecule has 0 amide bonds. The van der Waals surface area contributed by atoms with Crippen molar-refractivity contribution in [2.45, 2.75) is 92.9 Å². The molecule has 0 aromatic heterocycles. The topological polar surface area (TPSA) is 20.2 Å². The molecule has 2 aromatic rings. The number of aromatic hydroxyl groups is 1. The van der Waals surface area contributed by atoms with Gasteiger partial charge in [0.1, 0.15) is 5.75 Å². The third-order valence-electron chi connectivity index (χ3n) is 5.58. The van der Waals surface area contributed by atoms with Gasteiger partial charge in [0.2, 0.25) is 0 Å². The fraction of sp³-hybridized carbons (Fsp3) is 0.438. The van der Waals surface area contributed by atoms with E-state index in [1.54, 1.807) is 0 Å². The first-order chi connectivity index (χ1) is 15.2. The van der Waals surface area contributed by atoms with Gasteiger partial charge in [0.15, 0.2) is 0 Å². The van der Waals surface area contributed by atoms with Crippen LogP contribution in [-0.2, 0) is 10.8 Å². The summed E-state index contributed by atoms with van der Waals surface area (Å²) in [6.07, 6.45) is 9.12. The summed E-state index contributed by atoms with van der Waals surface area (Å²) in [4.78, 5) is 0. The second-order valence-electron chi connectivity index (χ2n) is 10.7. The quantitative estimate of drug-likeness (QED) is 0.398. The molecule has 1 N–H and O–H groups in total. The Labute approximate surface area is 205 Å². The summed E-state index contributed by atoms with van der Waals surface area (Å²) in [5.74, 6) is 0.445. The van der Waals surface area contributed by atoms with Crippen molar-refractivity contribution in [3.8, 4) is 5.75 Å². The van der Waals surface area contributed by atoms with E-state index >= 15 is 0 Å². The highest BCUT2D eigenvalue weighted by Crippen LogP contribution is 2.37. The third-order valence-corrected chi connectivity index (χ3v) is 5.58. The van der Waals surface area contributed by atoms with Crippen molar-refractivity contribution in [1.29, 1.82) is 0 Å². The monoisotopic (exact) mass is 448 g/mol. The van der Waals surface area contributed by atoms with Crippen molar-refractivity contribution in [3.05, 3.63) is 101 Å². The van der Waals surface area contributed by atoms with E-state index in [0.29, 0.717) is 5.75 Å². The molecule has 0 saturated heterocycles. The Morgan fingerprint density at radius 2 is 1.24 bits per heavy atom. The van der Waals surface area contributed by atoms with Gasteiger partial charge in [-0.1, -0.05) is 102 Å². The van der Waals surface area contributed by atoms with Gasteiger partial charge in [0.05, 0.1) is 0 Å². The molecule has 1 aliphatic carbocycles. The number of hydrogen-bond donors (Lipinski definition) is 1. The van der Waals surface area contributed by atoms with Gasteiger partial charge in [-0.2, -0.15) is 0 Å². The van der Waals surface area contributed by atoms with Gasteiger partial charge in [-0.25, -0.2) is 0 Å². The first-order valence-electron chi connectivity index (χ1n) is 11.9. The van der Waals surface area contributed by atoms with Gasteiger partial charge in [-0.05, 0) is 79.2 Å². The highest BCUT2D eigenvalue weighted by atomic mass is 16.3. The zero-order chi connectivity index (χ0) is 25.8. The first kappa shape index (κ1) is 30.5. The largest absolute Gasteiger partial charge is 0.507 e. The van der Waals surface area contributed by atoms with Gasteiger partial charge in [0.25, 0.3) is 0 Å². The van der Waals surface area contributed by atoms with Gasteiger partial charge in [-0.15, -0.1) is 13.2 Å². The summed E-state index contributed by atoms with van der Waals surface area (Å²) in [6.45, 7) is 27.3. The van der Waals surface area contributed by atoms with E-state index in [1.165, 1.54) is 35.1 Å². The van der Waals surface area contributed by atoms with Gasteiger partial charge in [-0.3, -0.25) is 0 Å². The van der Waals surface area contributed by atoms with Crippen LogP contribution in [0.4, 0.5) is 0 Å². The van der Waals surface area contributed by atoms with Crippen molar-refractivity contribution in [1.82, 2.24) is 0 Å². The number of allylic oxidation sites excluding steroid dienone is 4. The molecule has 33 heavy (non-hydrogen) atoms. The summed E-state index contributed by atoms with van der Waals surface area (Å²) >= 11 is 0. The lowest BCUT2D eigenvalue weighted by molar-refractivity contribution is 0.440. The van der Waals surface area contributed by atoms with E-state index in [4.69, 9.17) is 0 Å². The standard InChI is InChI=1S/C15H24O.C8H10.C7H10.C2H4/c1-10-8-11(14(2,3)4)9-12(13(10)16)15(5,6)7;1-7-5-3-4-6-8(7)2;1-7-5-3-2-4-6-7;1-2/h8-9,16H,1-7H3;3-6H,1-2H3;3,5-6H,2,4H2,1H3;1-2H2. The molecule has 0 saturated carbocycles. The Morgan fingerprint density at radius 1 is 0.727 bits per heavy atom. The van der Waals surface area contributed by atoms with E-state index in [1.807, 2.05) is 6.92 Å². The van der Waals surface area contributed by atoms with Crippen molar-refractivity contribution in [3.63, 3.8) is 0 Å². The molecular formula is C32H48O. The van der Waals surface area contributed by atoms with E-state index in [2.05, 4.69) is 130 Å². The van der Waals surface area contributed by atoms with E-state index in [-0.39, 0.29) is 10.8 Å². The van der Waals surface area contributed by atoms with E-state index in [0.717, 1.165) is 11.1 Å². The lowest BCUT2D eigenvalue weighted by Crippen LogP contribution is -2.17. The number of rotatable bonds is 0. The van der Waals surface area contributed by atoms with Crippen molar-refractivity contribution in [2.75, 3.05) is 0 Å². The van der Waals surface area contributed by atoms with Crippen LogP contribution in [0, 0.1) is 20.8 Å². The zero-order valence-corrected chi connectivity index (χ0v) is 23.0. The maximum Gasteiger partial charge on any atom is 0.122 e. The molecule has 0 aliphatic heterocycles. The lowest BCUT2D eigenvalue weighted by atomic mass is 9.79. The number of aryl methyl sites for hydroxylation is 3. The molecule has 0 bridgehead atoms. The average molecular weight is 449 g/mol. The van der Waals surface area contributed by atoms with Crippen molar-refractivity contribution >= 4 is 0 Å². The van der Waals surface area contributed by atoms with E-state index in [9.17, 15) is 5.11 Å². The lowest BCUT2D eigenvalue weighted by Gasteiger charge is -2.26. The van der Waals surface area contributed by atoms with Crippen LogP contribution in [-0.4, -0.2) is 5.11 Å². The maximum atomic E-state index is 10.1. The molecule has 1 nitrogen and oxygen atoms in total. The molecule has 1 aliphatic rings. The van der Waals surface area contributed by atoms with Crippen LogP contribution >= 0.6 is 0 Å². The number of benzene rings is 2. The third kappa shape index (κ3) is 11.2. The minimum absolute atomic E-state index is 0.0178. The summed E-state index contributed by atoms with van der Waals surface area (Å²) in [5.41, 5.74) is 7.54. The normalized spacial score (nSPS) is 12.7. The van der Waals surface area contributed by atoms with Crippen LogP contribution in [0.15, 0.2) is 73.4 Å². The summed E-state index contributed by atoms with van der Waals surface area (Å²) in [5, 5.41) is 10.1. The SMILES string of the molecule is C=C.CC1=CCCC=C1.Cc1cc(C(C)(C)C)cc(C(C)(C)C)c1O.Cc1ccccc1C. The van der Waals surface area contributed by atoms with Gasteiger partial charge >= 0.3 is 0 Å². The Hall–Kier alpha value is -2.54. The zero-order valence-electron chi connectivity index (χ0n) is 23.0. The van der Waals surface area contributed by atoms with Crippen molar-refractivity contribution in [2.24, 2.45) is 0 Å². The molecule has 0 fully saturated rings. The molecule has 0 spiro atoms. The molecule has 0 radical (unpaired) electrons. The number of hydrogen-bond acceptors (Lipinski definition) is 1. The van der Waals surface area contributed by atoms with Crippen LogP contribution < -0.4 is 0 Å². The highest BCUT2D eigenvalue weighted by Gasteiger charge is 2.23. The highest BCUT2D eigenvalue weighted by molar-refractivity contribution is 5.48. The number of phenols is 1. The fourth-order valence-corrected chi connectivity index (χ4v) is 3.19. The van der Waals surface area contributed by atoms with Crippen LogP contribution in [0.1, 0.15) is 89.1 Å². The van der Waals surface area contributed by atoms with Gasteiger partial charge in [0, 0.05) is 0 Å². The van der Waals surface area contributed by atoms with Crippen molar-refractivity contribution < 1.29 is 5.11 Å². The van der Waals surface area contributed by atoms with Crippen LogP contribution in [0.25, 0.3) is 0 Å². The smallest absolute Gasteiger partial charge is 0.122 e. The Balaban J connectivity index is 0.000000500. The van der Waals surface area contributed by atoms with Crippen LogP contribution in [0.5, 0.6) is 5.75 Å². The van der Waals surface area contributed by atoms with Gasteiger partial charge < -0.3 is 5.11 Å². The summed E-state index contributed by atoms with van der Waals surface area (Å²) in [7, 11) is 0. The first-order valence-corrected chi connectivity index (χ1v) is 11.9. The van der Waals surface area contributed by atoms with E-state index < -0.39 is 0 Å². The Morgan fingerprint density at radius 3 is 1.55 bits per heavy atom.